The van der Waals surface area contributed by atoms with Gasteiger partial charge in [0.15, 0.2) is 11.0 Å². The minimum atomic E-state index is -1.69. The first kappa shape index (κ1) is 26.2. The summed E-state index contributed by atoms with van der Waals surface area (Å²) in [5.74, 6) is 0.159. The Morgan fingerprint density at radius 3 is 2.46 bits per heavy atom. The van der Waals surface area contributed by atoms with Gasteiger partial charge in [0.2, 0.25) is 5.95 Å². The highest BCUT2D eigenvalue weighted by atomic mass is 35.5. The van der Waals surface area contributed by atoms with Crippen molar-refractivity contribution in [2.45, 2.75) is 67.8 Å². The number of rotatable bonds is 7. The predicted molar refractivity (Wildman–Crippen MR) is 157 cm³/mol. The number of halogens is 2. The maximum atomic E-state index is 15.1. The molecule has 0 spiro atoms. The van der Waals surface area contributed by atoms with Gasteiger partial charge in [-0.3, -0.25) is 4.72 Å². The fourth-order valence-electron chi connectivity index (χ4n) is 5.88. The Balaban J connectivity index is 1.25. The lowest BCUT2D eigenvalue weighted by Crippen LogP contribution is -2.57. The van der Waals surface area contributed by atoms with E-state index in [0.717, 1.165) is 67.0 Å². The lowest BCUT2D eigenvalue weighted by Gasteiger charge is -2.52. The first-order chi connectivity index (χ1) is 18.8. The maximum absolute atomic E-state index is 15.1. The number of nitrogens with zero attached hydrogens (tertiary/aromatic N) is 2. The van der Waals surface area contributed by atoms with Crippen LogP contribution < -0.4 is 15.8 Å². The summed E-state index contributed by atoms with van der Waals surface area (Å²) in [6, 6.07) is 15.7. The topological polar surface area (TPSA) is 92.9 Å². The van der Waals surface area contributed by atoms with Gasteiger partial charge in [0.1, 0.15) is 5.82 Å². The van der Waals surface area contributed by atoms with E-state index in [2.05, 4.69) is 28.0 Å². The highest BCUT2D eigenvalue weighted by Gasteiger charge is 2.47. The molecule has 9 heteroatoms. The van der Waals surface area contributed by atoms with Gasteiger partial charge in [-0.2, -0.15) is 0 Å². The second-order valence-corrected chi connectivity index (χ2v) is 12.5. The smallest absolute Gasteiger partial charge is 0.223 e. The van der Waals surface area contributed by atoms with Crippen LogP contribution in [0.15, 0.2) is 65.7 Å². The van der Waals surface area contributed by atoms with Crippen molar-refractivity contribution in [3.05, 3.63) is 77.2 Å². The van der Waals surface area contributed by atoms with Crippen LogP contribution >= 0.6 is 11.6 Å². The fourth-order valence-corrected chi connectivity index (χ4v) is 7.15. The van der Waals surface area contributed by atoms with Crippen molar-refractivity contribution in [1.82, 2.24) is 9.97 Å². The molecule has 2 bridgehead atoms. The molecule has 0 amide bonds. The van der Waals surface area contributed by atoms with Crippen LogP contribution in [0.5, 0.6) is 0 Å². The first-order valence-corrected chi connectivity index (χ1v) is 14.9. The Morgan fingerprint density at radius 2 is 1.77 bits per heavy atom. The molecule has 202 valence electrons. The summed E-state index contributed by atoms with van der Waals surface area (Å²) in [7, 11) is -1.69. The minimum absolute atomic E-state index is 0.0138. The number of aromatic nitrogens is 2. The number of hydrogen-bond donors (Lipinski definition) is 3. The molecule has 3 aliphatic rings. The molecule has 39 heavy (non-hydrogen) atoms. The molecule has 0 aliphatic heterocycles. The van der Waals surface area contributed by atoms with Gasteiger partial charge in [0.05, 0.1) is 21.1 Å². The van der Waals surface area contributed by atoms with E-state index in [9.17, 15) is 4.21 Å². The van der Waals surface area contributed by atoms with Crippen molar-refractivity contribution in [3.8, 4) is 11.1 Å². The molecule has 3 aliphatic carbocycles. The molecular formula is C30H31ClFN5OS. The number of nitrogens with one attached hydrogen (secondary N) is 2. The Morgan fingerprint density at radius 1 is 1.03 bits per heavy atom. The average molecular weight is 564 g/mol. The van der Waals surface area contributed by atoms with E-state index in [-0.39, 0.29) is 16.8 Å². The van der Waals surface area contributed by atoms with Crippen LogP contribution in [-0.2, 0) is 17.4 Å². The molecule has 3 fully saturated rings. The molecular weight excluding hydrogens is 533 g/mol. The standard InChI is InChI=1S/C30H31ClFN5OS/c1-2-19-15-21(20-7-8-25(24(32)17-20)37-39(38)26-6-4-3-5-23(26)31)16-22-18-34-28(35-27(19)22)36-30-12-9-29(33,10-13-30)11-14-30/h3-8,15-18,37H,2,9-14,33H2,1H3,(H,34,35,36). The quantitative estimate of drug-likeness (QED) is 0.225. The lowest BCUT2D eigenvalue weighted by atomic mass is 9.62. The first-order valence-electron chi connectivity index (χ1n) is 13.4. The van der Waals surface area contributed by atoms with Gasteiger partial charge in [-0.25, -0.2) is 18.6 Å². The zero-order valence-electron chi connectivity index (χ0n) is 21.8. The third kappa shape index (κ3) is 5.13. The van der Waals surface area contributed by atoms with Crippen molar-refractivity contribution in [1.29, 1.82) is 0 Å². The van der Waals surface area contributed by atoms with Gasteiger partial charge in [-0.15, -0.1) is 0 Å². The van der Waals surface area contributed by atoms with Crippen LogP contribution in [0.2, 0.25) is 5.02 Å². The van der Waals surface area contributed by atoms with Crippen molar-refractivity contribution in [3.63, 3.8) is 0 Å². The molecule has 7 rings (SSSR count). The molecule has 0 saturated heterocycles. The Labute approximate surface area is 235 Å². The summed E-state index contributed by atoms with van der Waals surface area (Å²) in [5.41, 5.74) is 10.2. The number of anilines is 2. The number of nitrogens with two attached hydrogens (primary N) is 1. The van der Waals surface area contributed by atoms with Crippen LogP contribution in [0.3, 0.4) is 0 Å². The number of aryl methyl sites for hydroxylation is 1. The minimum Gasteiger partial charge on any atom is -0.349 e. The predicted octanol–water partition coefficient (Wildman–Crippen LogP) is 7.00. The summed E-state index contributed by atoms with van der Waals surface area (Å²) < 4.78 is 30.5. The van der Waals surface area contributed by atoms with Crippen LogP contribution in [0, 0.1) is 5.82 Å². The molecule has 4 aromatic rings. The largest absolute Gasteiger partial charge is 0.349 e. The van der Waals surface area contributed by atoms with E-state index in [1.165, 1.54) is 6.07 Å². The molecule has 0 radical (unpaired) electrons. The number of hydrogen-bond acceptors (Lipinski definition) is 5. The van der Waals surface area contributed by atoms with E-state index >= 15 is 4.39 Å². The molecule has 1 atom stereocenters. The van der Waals surface area contributed by atoms with Gasteiger partial charge >= 0.3 is 0 Å². The Hall–Kier alpha value is -3.07. The summed E-state index contributed by atoms with van der Waals surface area (Å²) in [5, 5.41) is 4.93. The fraction of sp³-hybridized carbons (Fsp3) is 0.333. The van der Waals surface area contributed by atoms with Crippen molar-refractivity contribution in [2.24, 2.45) is 5.73 Å². The number of fused-ring (bicyclic) bond motifs is 4. The molecule has 1 heterocycles. The number of benzene rings is 3. The summed E-state index contributed by atoms with van der Waals surface area (Å²) in [6.45, 7) is 2.09. The highest BCUT2D eigenvalue weighted by Crippen LogP contribution is 2.46. The molecule has 4 N–H and O–H groups in total. The van der Waals surface area contributed by atoms with Gasteiger partial charge in [-0.1, -0.05) is 36.7 Å². The SMILES string of the molecule is CCc1cc(-c2ccc(NS(=O)c3ccccc3Cl)c(F)c2)cc2cnc(NC34CCC(N)(CC3)CC4)nc12. The normalized spacial score (nSPS) is 23.1. The summed E-state index contributed by atoms with van der Waals surface area (Å²) in [4.78, 5) is 9.98. The second kappa shape index (κ2) is 10.2. The molecule has 1 unspecified atom stereocenters. The lowest BCUT2D eigenvalue weighted by molar-refractivity contribution is 0.126. The van der Waals surface area contributed by atoms with Crippen LogP contribution in [-0.4, -0.2) is 25.3 Å². The van der Waals surface area contributed by atoms with Gasteiger partial charge in [-0.05, 0) is 98.0 Å². The molecule has 3 aromatic carbocycles. The van der Waals surface area contributed by atoms with Gasteiger partial charge < -0.3 is 11.1 Å². The van der Waals surface area contributed by atoms with Crippen LogP contribution in [0.4, 0.5) is 16.0 Å². The average Bonchev–Trinajstić information content (AvgIpc) is 2.94. The van der Waals surface area contributed by atoms with Crippen molar-refractivity contribution in [2.75, 3.05) is 10.0 Å². The van der Waals surface area contributed by atoms with E-state index in [4.69, 9.17) is 22.3 Å². The monoisotopic (exact) mass is 563 g/mol. The van der Waals surface area contributed by atoms with Crippen molar-refractivity contribution >= 4 is 45.1 Å². The van der Waals surface area contributed by atoms with E-state index < -0.39 is 16.8 Å². The third-order valence-corrected chi connectivity index (χ3v) is 9.97. The van der Waals surface area contributed by atoms with Crippen LogP contribution in [0.25, 0.3) is 22.0 Å². The molecule has 3 saturated carbocycles. The van der Waals surface area contributed by atoms with Gasteiger partial charge in [0.25, 0.3) is 0 Å². The summed E-state index contributed by atoms with van der Waals surface area (Å²) in [6.07, 6.45) is 8.89. The Kier molecular flexibility index (Phi) is 6.81. The van der Waals surface area contributed by atoms with Crippen molar-refractivity contribution < 1.29 is 8.60 Å². The third-order valence-electron chi connectivity index (χ3n) is 8.37. The van der Waals surface area contributed by atoms with E-state index in [0.29, 0.717) is 21.4 Å². The zero-order chi connectivity index (χ0) is 27.2. The summed E-state index contributed by atoms with van der Waals surface area (Å²) >= 11 is 6.14. The zero-order valence-corrected chi connectivity index (χ0v) is 23.3. The Bertz CT molecular complexity index is 1570. The van der Waals surface area contributed by atoms with E-state index in [1.807, 2.05) is 18.3 Å². The van der Waals surface area contributed by atoms with Crippen LogP contribution in [0.1, 0.15) is 51.0 Å². The molecule has 6 nitrogen and oxygen atoms in total. The molecule has 1 aromatic heterocycles. The highest BCUT2D eigenvalue weighted by molar-refractivity contribution is 7.86. The van der Waals surface area contributed by atoms with E-state index in [1.54, 1.807) is 30.3 Å². The second-order valence-electron chi connectivity index (χ2n) is 10.9. The van der Waals surface area contributed by atoms with Gasteiger partial charge in [0, 0.05) is 22.7 Å². The maximum Gasteiger partial charge on any atom is 0.223 e.